The lowest BCUT2D eigenvalue weighted by Crippen LogP contribution is -2.21. The highest BCUT2D eigenvalue weighted by atomic mass is 32.1. The highest BCUT2D eigenvalue weighted by Gasteiger charge is 2.24. The van der Waals surface area contributed by atoms with Gasteiger partial charge in [-0.05, 0) is 12.5 Å². The van der Waals surface area contributed by atoms with E-state index in [9.17, 15) is 14.7 Å². The molecule has 110 valence electrons. The number of aromatic nitrogens is 1. The van der Waals surface area contributed by atoms with Crippen LogP contribution in [0.4, 0.5) is 5.00 Å². The molecule has 0 fully saturated rings. The Kier molecular flexibility index (Phi) is 4.89. The van der Waals surface area contributed by atoms with Crippen molar-refractivity contribution in [3.8, 4) is 0 Å². The van der Waals surface area contributed by atoms with Gasteiger partial charge in [-0.1, -0.05) is 30.3 Å². The van der Waals surface area contributed by atoms with E-state index in [1.165, 1.54) is 5.51 Å². The zero-order valence-electron chi connectivity index (χ0n) is 11.3. The molecule has 0 aliphatic carbocycles. The summed E-state index contributed by atoms with van der Waals surface area (Å²) in [6.45, 7) is 1.93. The van der Waals surface area contributed by atoms with Crippen molar-refractivity contribution in [2.24, 2.45) is 0 Å². The molecule has 2 N–H and O–H groups in total. The summed E-state index contributed by atoms with van der Waals surface area (Å²) in [5, 5.41) is 12.6. The molecule has 6 nitrogen and oxygen atoms in total. The van der Waals surface area contributed by atoms with Gasteiger partial charge in [-0.2, -0.15) is 0 Å². The topological polar surface area (TPSA) is 88.5 Å². The van der Waals surface area contributed by atoms with Gasteiger partial charge in [-0.15, -0.1) is 11.3 Å². The van der Waals surface area contributed by atoms with Gasteiger partial charge >= 0.3 is 11.9 Å². The summed E-state index contributed by atoms with van der Waals surface area (Å²) in [7, 11) is 0. The predicted octanol–water partition coefficient (Wildman–Crippen LogP) is 2.56. The number of nitrogens with zero attached hydrogens (tertiary/aromatic N) is 1. The number of carbonyl (C=O) groups excluding carboxylic acids is 1. The van der Waals surface area contributed by atoms with Crippen molar-refractivity contribution in [3.63, 3.8) is 0 Å². The average Bonchev–Trinajstić information content (AvgIpc) is 2.94. The number of rotatable bonds is 6. The van der Waals surface area contributed by atoms with Crippen molar-refractivity contribution in [2.75, 3.05) is 11.9 Å². The fourth-order valence-electron chi connectivity index (χ4n) is 1.76. The normalized spacial score (nSPS) is 11.7. The second kappa shape index (κ2) is 6.85. The Labute approximate surface area is 125 Å². The van der Waals surface area contributed by atoms with E-state index in [1.807, 2.05) is 0 Å². The summed E-state index contributed by atoms with van der Waals surface area (Å²) < 4.78 is 4.89. The minimum Gasteiger partial charge on any atom is -0.479 e. The fraction of sp³-hybridized carbons (Fsp3) is 0.214. The number of esters is 1. The van der Waals surface area contributed by atoms with Crippen molar-refractivity contribution in [1.82, 2.24) is 4.98 Å². The van der Waals surface area contributed by atoms with E-state index in [-0.39, 0.29) is 12.3 Å². The molecule has 1 aromatic carbocycles. The summed E-state index contributed by atoms with van der Waals surface area (Å²) in [6.07, 6.45) is 0. The number of aliphatic carboxylic acids is 1. The SMILES string of the molecule is CCOC(=O)c1ncsc1NC(C(=O)O)c1ccccc1. The quantitative estimate of drug-likeness (QED) is 0.797. The van der Waals surface area contributed by atoms with Crippen molar-refractivity contribution in [1.29, 1.82) is 0 Å². The molecule has 1 unspecified atom stereocenters. The molecule has 0 aliphatic rings. The number of ether oxygens (including phenoxy) is 1. The highest BCUT2D eigenvalue weighted by Crippen LogP contribution is 2.26. The van der Waals surface area contributed by atoms with Gasteiger partial charge in [0, 0.05) is 0 Å². The van der Waals surface area contributed by atoms with E-state index in [0.29, 0.717) is 10.6 Å². The zero-order valence-corrected chi connectivity index (χ0v) is 12.1. The Morgan fingerprint density at radius 2 is 2.10 bits per heavy atom. The van der Waals surface area contributed by atoms with Gasteiger partial charge in [0.05, 0.1) is 12.1 Å². The van der Waals surface area contributed by atoms with Gasteiger partial charge < -0.3 is 15.2 Å². The monoisotopic (exact) mass is 306 g/mol. The Morgan fingerprint density at radius 1 is 1.38 bits per heavy atom. The van der Waals surface area contributed by atoms with Gasteiger partial charge in [0.25, 0.3) is 0 Å². The van der Waals surface area contributed by atoms with Gasteiger partial charge in [0.1, 0.15) is 5.00 Å². The fourth-order valence-corrected chi connectivity index (χ4v) is 2.45. The largest absolute Gasteiger partial charge is 0.479 e. The predicted molar refractivity (Wildman–Crippen MR) is 78.5 cm³/mol. The third-order valence-corrected chi connectivity index (χ3v) is 3.45. The van der Waals surface area contributed by atoms with Crippen LogP contribution in [-0.4, -0.2) is 28.6 Å². The van der Waals surface area contributed by atoms with E-state index >= 15 is 0 Å². The van der Waals surface area contributed by atoms with Crippen LogP contribution >= 0.6 is 11.3 Å². The molecule has 0 saturated heterocycles. The molecule has 2 aromatic rings. The van der Waals surface area contributed by atoms with Crippen LogP contribution < -0.4 is 5.32 Å². The highest BCUT2D eigenvalue weighted by molar-refractivity contribution is 7.14. The maximum absolute atomic E-state index is 11.7. The molecule has 2 rings (SSSR count). The molecule has 0 amide bonds. The van der Waals surface area contributed by atoms with Gasteiger partial charge in [-0.3, -0.25) is 0 Å². The molecular weight excluding hydrogens is 292 g/mol. The van der Waals surface area contributed by atoms with E-state index in [0.717, 1.165) is 11.3 Å². The number of carboxylic acid groups (broad SMARTS) is 1. The Balaban J connectivity index is 2.25. The first-order valence-corrected chi connectivity index (χ1v) is 7.16. The summed E-state index contributed by atoms with van der Waals surface area (Å²) in [5.74, 6) is -1.61. The number of carbonyl (C=O) groups is 2. The van der Waals surface area contributed by atoms with Crippen LogP contribution in [0, 0.1) is 0 Å². The van der Waals surface area contributed by atoms with Gasteiger partial charge in [0.15, 0.2) is 11.7 Å². The maximum Gasteiger partial charge on any atom is 0.360 e. The smallest absolute Gasteiger partial charge is 0.360 e. The van der Waals surface area contributed by atoms with E-state index in [4.69, 9.17) is 4.74 Å². The van der Waals surface area contributed by atoms with E-state index < -0.39 is 18.0 Å². The first kappa shape index (κ1) is 15.0. The lowest BCUT2D eigenvalue weighted by molar-refractivity contribution is -0.138. The Bertz CT molecular complexity index is 627. The third-order valence-electron chi connectivity index (χ3n) is 2.69. The van der Waals surface area contributed by atoms with Crippen molar-refractivity contribution in [2.45, 2.75) is 13.0 Å². The third kappa shape index (κ3) is 3.57. The molecule has 21 heavy (non-hydrogen) atoms. The number of thiazole rings is 1. The standard InChI is InChI=1S/C14H14N2O4S/c1-2-20-14(19)11-12(21-8-15-11)16-10(13(17)18)9-6-4-3-5-7-9/h3-8,10,16H,2H2,1H3,(H,17,18). The molecule has 0 radical (unpaired) electrons. The lowest BCUT2D eigenvalue weighted by atomic mass is 10.1. The van der Waals surface area contributed by atoms with Crippen LogP contribution in [0.15, 0.2) is 35.8 Å². The maximum atomic E-state index is 11.7. The molecule has 7 heteroatoms. The van der Waals surface area contributed by atoms with Crippen molar-refractivity contribution in [3.05, 3.63) is 47.1 Å². The summed E-state index contributed by atoms with van der Waals surface area (Å²) in [6, 6.07) is 7.77. The number of hydrogen-bond donors (Lipinski definition) is 2. The average molecular weight is 306 g/mol. The molecule has 0 bridgehead atoms. The Morgan fingerprint density at radius 3 is 2.71 bits per heavy atom. The van der Waals surface area contributed by atoms with Crippen molar-refractivity contribution < 1.29 is 19.4 Å². The van der Waals surface area contributed by atoms with Crippen molar-refractivity contribution >= 4 is 28.3 Å². The molecule has 0 spiro atoms. The van der Waals surface area contributed by atoms with E-state index in [2.05, 4.69) is 10.3 Å². The minimum atomic E-state index is -1.04. The zero-order chi connectivity index (χ0) is 15.2. The van der Waals surface area contributed by atoms with Crippen LogP contribution in [0.1, 0.15) is 29.0 Å². The summed E-state index contributed by atoms with van der Waals surface area (Å²) in [5.41, 5.74) is 2.16. The van der Waals surface area contributed by atoms with Crippen LogP contribution in [0.25, 0.3) is 0 Å². The second-order valence-corrected chi connectivity index (χ2v) is 4.93. The molecular formula is C14H14N2O4S. The first-order chi connectivity index (χ1) is 10.1. The molecule has 1 heterocycles. The number of hydrogen-bond acceptors (Lipinski definition) is 6. The summed E-state index contributed by atoms with van der Waals surface area (Å²) in [4.78, 5) is 27.1. The molecule has 1 atom stereocenters. The van der Waals surface area contributed by atoms with E-state index in [1.54, 1.807) is 37.3 Å². The minimum absolute atomic E-state index is 0.101. The first-order valence-electron chi connectivity index (χ1n) is 6.28. The number of nitrogens with one attached hydrogen (secondary N) is 1. The van der Waals surface area contributed by atoms with Crippen LogP contribution in [0.2, 0.25) is 0 Å². The molecule has 0 saturated carbocycles. The van der Waals surface area contributed by atoms with Gasteiger partial charge in [-0.25, -0.2) is 14.6 Å². The van der Waals surface area contributed by atoms with Gasteiger partial charge in [0.2, 0.25) is 0 Å². The van der Waals surface area contributed by atoms with Crippen LogP contribution in [-0.2, 0) is 9.53 Å². The summed E-state index contributed by atoms with van der Waals surface area (Å²) >= 11 is 1.16. The number of anilines is 1. The Hall–Kier alpha value is -2.41. The van der Waals surface area contributed by atoms with Crippen LogP contribution in [0.3, 0.4) is 0 Å². The number of carboxylic acids is 1. The second-order valence-electron chi connectivity index (χ2n) is 4.08. The number of benzene rings is 1. The molecule has 1 aromatic heterocycles. The molecule has 0 aliphatic heterocycles. The van der Waals surface area contributed by atoms with Crippen LogP contribution in [0.5, 0.6) is 0 Å². The lowest BCUT2D eigenvalue weighted by Gasteiger charge is -2.15.